The molecule has 26 heavy (non-hydrogen) atoms. The molecule has 0 fully saturated rings. The Morgan fingerprint density at radius 3 is 2.19 bits per heavy atom. The monoisotopic (exact) mass is 364 g/mol. The van der Waals surface area contributed by atoms with Gasteiger partial charge in [-0.05, 0) is 31.3 Å². The van der Waals surface area contributed by atoms with Crippen LogP contribution >= 0.6 is 0 Å². The highest BCUT2D eigenvalue weighted by atomic mass is 19.4. The molecule has 0 aliphatic carbocycles. The van der Waals surface area contributed by atoms with E-state index in [4.69, 9.17) is 0 Å². The number of amides is 1. The molecule has 0 atom stereocenters. The third-order valence-corrected chi connectivity index (χ3v) is 4.00. The van der Waals surface area contributed by atoms with E-state index in [1.165, 1.54) is 6.07 Å². The summed E-state index contributed by atoms with van der Waals surface area (Å²) in [5.74, 6) is -0.185. The summed E-state index contributed by atoms with van der Waals surface area (Å²) in [6.45, 7) is 1.63. The second-order valence-corrected chi connectivity index (χ2v) is 6.48. The summed E-state index contributed by atoms with van der Waals surface area (Å²) < 4.78 is 38.6. The second-order valence-electron chi connectivity index (χ2n) is 6.48. The Morgan fingerprint density at radius 2 is 1.58 bits per heavy atom. The van der Waals surface area contributed by atoms with Crippen molar-refractivity contribution < 1.29 is 18.0 Å². The number of halogens is 3. The summed E-state index contributed by atoms with van der Waals surface area (Å²) in [5, 5.41) is 0. The number of nitrogens with zero attached hydrogens (tertiary/aromatic N) is 2. The van der Waals surface area contributed by atoms with E-state index < -0.39 is 11.7 Å². The molecule has 2 rings (SSSR count). The zero-order chi connectivity index (χ0) is 19.2. The van der Waals surface area contributed by atoms with Crippen LogP contribution < -0.4 is 0 Å². The fraction of sp³-hybridized carbons (Fsp3) is 0.350. The van der Waals surface area contributed by atoms with Gasteiger partial charge in [0.15, 0.2) is 0 Å². The lowest BCUT2D eigenvalue weighted by atomic mass is 10.1. The van der Waals surface area contributed by atoms with Gasteiger partial charge in [-0.3, -0.25) is 4.79 Å². The molecule has 0 saturated carbocycles. The van der Waals surface area contributed by atoms with Gasteiger partial charge in [-0.15, -0.1) is 0 Å². The van der Waals surface area contributed by atoms with Crippen molar-refractivity contribution in [1.29, 1.82) is 0 Å². The lowest BCUT2D eigenvalue weighted by Crippen LogP contribution is -2.37. The van der Waals surface area contributed by atoms with Crippen molar-refractivity contribution >= 4 is 5.91 Å². The van der Waals surface area contributed by atoms with Crippen LogP contribution in [0.15, 0.2) is 54.6 Å². The van der Waals surface area contributed by atoms with Gasteiger partial charge in [-0.2, -0.15) is 13.2 Å². The van der Waals surface area contributed by atoms with Crippen LogP contribution in [0.3, 0.4) is 0 Å². The number of alkyl halides is 3. The van der Waals surface area contributed by atoms with Crippen molar-refractivity contribution in [2.24, 2.45) is 0 Å². The highest BCUT2D eigenvalue weighted by molar-refractivity contribution is 5.78. The smallest absolute Gasteiger partial charge is 0.337 e. The minimum absolute atomic E-state index is 0.0514. The largest absolute Gasteiger partial charge is 0.416 e. The maximum Gasteiger partial charge on any atom is 0.416 e. The summed E-state index contributed by atoms with van der Waals surface area (Å²) in [4.78, 5) is 16.4. The molecular weight excluding hydrogens is 341 g/mol. The number of benzene rings is 2. The standard InChI is InChI=1S/C20H23F3N2O/c1-24(2)11-12-25(15-16-7-4-3-5-8-16)19(26)14-17-9-6-10-18(13-17)20(21,22)23/h3-10,13H,11-12,14-15H2,1-2H3. The lowest BCUT2D eigenvalue weighted by molar-refractivity contribution is -0.138. The lowest BCUT2D eigenvalue weighted by Gasteiger charge is -2.25. The molecule has 0 bridgehead atoms. The van der Waals surface area contributed by atoms with E-state index in [1.807, 2.05) is 49.3 Å². The molecule has 2 aromatic carbocycles. The van der Waals surface area contributed by atoms with Crippen LogP contribution in [0.4, 0.5) is 13.2 Å². The molecule has 140 valence electrons. The van der Waals surface area contributed by atoms with E-state index in [0.717, 1.165) is 17.7 Å². The minimum Gasteiger partial charge on any atom is -0.337 e. The van der Waals surface area contributed by atoms with Crippen molar-refractivity contribution in [2.75, 3.05) is 27.2 Å². The Hall–Kier alpha value is -2.34. The van der Waals surface area contributed by atoms with E-state index in [9.17, 15) is 18.0 Å². The highest BCUT2D eigenvalue weighted by Gasteiger charge is 2.30. The van der Waals surface area contributed by atoms with Crippen molar-refractivity contribution in [3.63, 3.8) is 0 Å². The normalized spacial score (nSPS) is 11.6. The van der Waals surface area contributed by atoms with Gasteiger partial charge in [0, 0.05) is 19.6 Å². The molecule has 0 aliphatic rings. The van der Waals surface area contributed by atoms with Crippen LogP contribution in [0.25, 0.3) is 0 Å². The second kappa shape index (κ2) is 8.85. The highest BCUT2D eigenvalue weighted by Crippen LogP contribution is 2.29. The zero-order valence-corrected chi connectivity index (χ0v) is 15.0. The van der Waals surface area contributed by atoms with Crippen LogP contribution in [0.5, 0.6) is 0 Å². The molecule has 0 N–H and O–H groups in total. The molecule has 1 amide bonds. The van der Waals surface area contributed by atoms with Crippen molar-refractivity contribution in [3.05, 3.63) is 71.3 Å². The van der Waals surface area contributed by atoms with Crippen LogP contribution in [0, 0.1) is 0 Å². The molecule has 0 heterocycles. The van der Waals surface area contributed by atoms with Crippen LogP contribution in [0.1, 0.15) is 16.7 Å². The van der Waals surface area contributed by atoms with Gasteiger partial charge < -0.3 is 9.80 Å². The molecule has 0 unspecified atom stereocenters. The van der Waals surface area contributed by atoms with Crippen molar-refractivity contribution in [1.82, 2.24) is 9.80 Å². The summed E-state index contributed by atoms with van der Waals surface area (Å²) >= 11 is 0. The number of hydrogen-bond acceptors (Lipinski definition) is 2. The predicted octanol–water partition coefficient (Wildman–Crippen LogP) is 3.84. The number of hydrogen-bond donors (Lipinski definition) is 0. The Kier molecular flexibility index (Phi) is 6.80. The fourth-order valence-electron chi connectivity index (χ4n) is 2.56. The third kappa shape index (κ3) is 6.19. The van der Waals surface area contributed by atoms with Crippen LogP contribution in [-0.4, -0.2) is 42.9 Å². The van der Waals surface area contributed by atoms with Gasteiger partial charge in [-0.25, -0.2) is 0 Å². The molecule has 2 aromatic rings. The minimum atomic E-state index is -4.41. The molecule has 0 aromatic heterocycles. The first-order valence-electron chi connectivity index (χ1n) is 8.38. The van der Waals surface area contributed by atoms with Crippen LogP contribution in [0.2, 0.25) is 0 Å². The average molecular weight is 364 g/mol. The molecule has 0 spiro atoms. The molecular formula is C20H23F3N2O. The van der Waals surface area contributed by atoms with E-state index in [2.05, 4.69) is 0 Å². The first kappa shape index (κ1) is 20.0. The maximum atomic E-state index is 12.9. The van der Waals surface area contributed by atoms with Gasteiger partial charge in [0.05, 0.1) is 12.0 Å². The summed E-state index contributed by atoms with van der Waals surface area (Å²) in [6.07, 6.45) is -4.46. The Balaban J connectivity index is 2.12. The van der Waals surface area contributed by atoms with E-state index in [1.54, 1.807) is 11.0 Å². The van der Waals surface area contributed by atoms with Crippen molar-refractivity contribution in [2.45, 2.75) is 19.1 Å². The first-order chi connectivity index (χ1) is 12.3. The summed E-state index contributed by atoms with van der Waals surface area (Å²) in [6, 6.07) is 14.5. The Labute approximate surface area is 152 Å². The SMILES string of the molecule is CN(C)CCN(Cc1ccccc1)C(=O)Cc1cccc(C(F)(F)F)c1. The van der Waals surface area contributed by atoms with E-state index in [0.29, 0.717) is 25.2 Å². The maximum absolute atomic E-state index is 12.9. The molecule has 0 saturated heterocycles. The first-order valence-corrected chi connectivity index (χ1v) is 8.38. The van der Waals surface area contributed by atoms with Crippen molar-refractivity contribution in [3.8, 4) is 0 Å². The van der Waals surface area contributed by atoms with E-state index in [-0.39, 0.29) is 12.3 Å². The summed E-state index contributed by atoms with van der Waals surface area (Å²) in [7, 11) is 3.83. The quantitative estimate of drug-likeness (QED) is 0.745. The van der Waals surface area contributed by atoms with Gasteiger partial charge >= 0.3 is 6.18 Å². The number of carbonyl (C=O) groups excluding carboxylic acids is 1. The number of carbonyl (C=O) groups is 1. The molecule has 6 heteroatoms. The van der Waals surface area contributed by atoms with Gasteiger partial charge in [0.2, 0.25) is 5.91 Å². The Morgan fingerprint density at radius 1 is 0.923 bits per heavy atom. The van der Waals surface area contributed by atoms with Gasteiger partial charge in [0.25, 0.3) is 0 Å². The number of likely N-dealkylation sites (N-methyl/N-ethyl adjacent to an activating group) is 1. The molecule has 0 aliphatic heterocycles. The molecule has 3 nitrogen and oxygen atoms in total. The van der Waals surface area contributed by atoms with Crippen LogP contribution in [-0.2, 0) is 23.9 Å². The van der Waals surface area contributed by atoms with Gasteiger partial charge in [0.1, 0.15) is 0 Å². The average Bonchev–Trinajstić information content (AvgIpc) is 2.58. The third-order valence-electron chi connectivity index (χ3n) is 4.00. The van der Waals surface area contributed by atoms with E-state index >= 15 is 0 Å². The zero-order valence-electron chi connectivity index (χ0n) is 15.0. The summed E-state index contributed by atoms with van der Waals surface area (Å²) in [5.41, 5.74) is 0.627. The topological polar surface area (TPSA) is 23.6 Å². The predicted molar refractivity (Wildman–Crippen MR) is 95.6 cm³/mol. The Bertz CT molecular complexity index is 714. The van der Waals surface area contributed by atoms with Gasteiger partial charge in [-0.1, -0.05) is 48.5 Å². The fourth-order valence-corrected chi connectivity index (χ4v) is 2.56. The number of rotatable bonds is 7. The molecule has 0 radical (unpaired) electrons.